The van der Waals surface area contributed by atoms with Crippen LogP contribution < -0.4 is 5.32 Å². The third kappa shape index (κ3) is 2.99. The fraction of sp³-hybridized carbons (Fsp3) is 0.0476. The van der Waals surface area contributed by atoms with E-state index in [0.29, 0.717) is 23.6 Å². The number of carbonyl (C=O) groups excluding carboxylic acids is 1. The summed E-state index contributed by atoms with van der Waals surface area (Å²) in [6, 6.07) is 17.9. The average molecular weight is 368 g/mol. The standard InChI is InChI=1S/C21H16N6O/c28-21(19-11-20-22-9-4-10-27(20)25-19)24-17-12-23-26(14-17)13-16-7-3-6-15-5-1-2-8-18(15)16/h1-12,14H,13H2,(H,24,28). The number of nitrogens with zero attached hydrogens (tertiary/aromatic N) is 5. The van der Waals surface area contributed by atoms with Crippen LogP contribution in [0.2, 0.25) is 0 Å². The maximum absolute atomic E-state index is 12.5. The SMILES string of the molecule is O=C(Nc1cnn(Cc2cccc3ccccc23)c1)c1cc2ncccn2n1. The van der Waals surface area contributed by atoms with E-state index in [9.17, 15) is 4.79 Å². The summed E-state index contributed by atoms with van der Waals surface area (Å²) < 4.78 is 3.38. The molecule has 1 amide bonds. The molecule has 28 heavy (non-hydrogen) atoms. The molecule has 5 rings (SSSR count). The van der Waals surface area contributed by atoms with Crippen LogP contribution in [-0.4, -0.2) is 30.3 Å². The number of fused-ring (bicyclic) bond motifs is 2. The van der Waals surface area contributed by atoms with Gasteiger partial charge in [0.1, 0.15) is 0 Å². The monoisotopic (exact) mass is 368 g/mol. The molecule has 0 bridgehead atoms. The molecule has 2 aromatic carbocycles. The number of anilines is 1. The van der Waals surface area contributed by atoms with Crippen LogP contribution in [0.25, 0.3) is 16.4 Å². The summed E-state index contributed by atoms with van der Waals surface area (Å²) in [6.45, 7) is 0.621. The van der Waals surface area contributed by atoms with Gasteiger partial charge in [-0.15, -0.1) is 0 Å². The number of benzene rings is 2. The number of aromatic nitrogens is 5. The maximum Gasteiger partial charge on any atom is 0.276 e. The molecule has 7 heteroatoms. The number of amides is 1. The highest BCUT2D eigenvalue weighted by Gasteiger charge is 2.13. The largest absolute Gasteiger partial charge is 0.318 e. The summed E-state index contributed by atoms with van der Waals surface area (Å²) >= 11 is 0. The molecule has 0 saturated heterocycles. The highest BCUT2D eigenvalue weighted by molar-refractivity contribution is 6.03. The van der Waals surface area contributed by atoms with E-state index in [2.05, 4.69) is 44.8 Å². The summed E-state index contributed by atoms with van der Waals surface area (Å²) in [5, 5.41) is 13.8. The van der Waals surface area contributed by atoms with E-state index in [1.807, 2.05) is 29.1 Å². The fourth-order valence-corrected chi connectivity index (χ4v) is 3.26. The molecule has 5 aromatic rings. The van der Waals surface area contributed by atoms with Crippen molar-refractivity contribution < 1.29 is 4.79 Å². The smallest absolute Gasteiger partial charge is 0.276 e. The van der Waals surface area contributed by atoms with Crippen molar-refractivity contribution in [2.75, 3.05) is 5.32 Å². The number of rotatable bonds is 4. The molecule has 1 N–H and O–H groups in total. The third-order valence-electron chi connectivity index (χ3n) is 4.57. The number of hydrogen-bond donors (Lipinski definition) is 1. The lowest BCUT2D eigenvalue weighted by Crippen LogP contribution is -2.12. The lowest BCUT2D eigenvalue weighted by atomic mass is 10.0. The van der Waals surface area contributed by atoms with Crippen LogP contribution in [0.5, 0.6) is 0 Å². The van der Waals surface area contributed by atoms with E-state index < -0.39 is 0 Å². The second-order valence-corrected chi connectivity index (χ2v) is 6.47. The van der Waals surface area contributed by atoms with Gasteiger partial charge in [0, 0.05) is 24.7 Å². The maximum atomic E-state index is 12.5. The first-order valence-corrected chi connectivity index (χ1v) is 8.87. The van der Waals surface area contributed by atoms with Crippen molar-refractivity contribution in [1.82, 2.24) is 24.4 Å². The highest BCUT2D eigenvalue weighted by atomic mass is 16.2. The van der Waals surface area contributed by atoms with Gasteiger partial charge in [0.15, 0.2) is 11.3 Å². The molecule has 0 spiro atoms. The second-order valence-electron chi connectivity index (χ2n) is 6.47. The van der Waals surface area contributed by atoms with Crippen LogP contribution in [-0.2, 0) is 6.54 Å². The van der Waals surface area contributed by atoms with Gasteiger partial charge in [0.05, 0.1) is 18.4 Å². The quantitative estimate of drug-likeness (QED) is 0.528. The van der Waals surface area contributed by atoms with Crippen LogP contribution in [0.15, 0.2) is 79.4 Å². The fourth-order valence-electron chi connectivity index (χ4n) is 3.26. The van der Waals surface area contributed by atoms with Gasteiger partial charge in [-0.3, -0.25) is 9.48 Å². The van der Waals surface area contributed by atoms with Crippen molar-refractivity contribution in [1.29, 1.82) is 0 Å². The highest BCUT2D eigenvalue weighted by Crippen LogP contribution is 2.20. The Balaban J connectivity index is 1.35. The molecule has 0 saturated carbocycles. The van der Waals surface area contributed by atoms with Crippen LogP contribution in [0.3, 0.4) is 0 Å². The third-order valence-corrected chi connectivity index (χ3v) is 4.57. The van der Waals surface area contributed by atoms with Gasteiger partial charge in [-0.25, -0.2) is 9.50 Å². The molecule has 0 fully saturated rings. The van der Waals surface area contributed by atoms with Gasteiger partial charge in [-0.2, -0.15) is 10.2 Å². The zero-order chi connectivity index (χ0) is 18.9. The molecule has 3 heterocycles. The molecule has 0 aliphatic rings. The minimum Gasteiger partial charge on any atom is -0.318 e. The van der Waals surface area contributed by atoms with Crippen molar-refractivity contribution in [2.45, 2.75) is 6.54 Å². The van der Waals surface area contributed by atoms with Crippen LogP contribution in [0, 0.1) is 0 Å². The Bertz CT molecular complexity index is 1260. The Morgan fingerprint density at radius 3 is 2.89 bits per heavy atom. The molecule has 0 unspecified atom stereocenters. The first-order valence-electron chi connectivity index (χ1n) is 8.87. The van der Waals surface area contributed by atoms with E-state index >= 15 is 0 Å². The van der Waals surface area contributed by atoms with Gasteiger partial charge in [-0.1, -0.05) is 42.5 Å². The zero-order valence-electron chi connectivity index (χ0n) is 14.9. The summed E-state index contributed by atoms with van der Waals surface area (Å²) in [4.78, 5) is 16.6. The van der Waals surface area contributed by atoms with Gasteiger partial charge in [-0.05, 0) is 22.4 Å². The normalized spacial score (nSPS) is 11.1. The van der Waals surface area contributed by atoms with Crippen molar-refractivity contribution in [3.05, 3.63) is 90.6 Å². The lowest BCUT2D eigenvalue weighted by Gasteiger charge is -2.06. The molecule has 136 valence electrons. The summed E-state index contributed by atoms with van der Waals surface area (Å²) in [7, 11) is 0. The first-order chi connectivity index (χ1) is 13.8. The van der Waals surface area contributed by atoms with E-state index in [4.69, 9.17) is 0 Å². The number of hydrogen-bond acceptors (Lipinski definition) is 4. The number of carbonyl (C=O) groups is 1. The van der Waals surface area contributed by atoms with Crippen LogP contribution in [0.1, 0.15) is 16.1 Å². The predicted molar refractivity (Wildman–Crippen MR) is 106 cm³/mol. The van der Waals surface area contributed by atoms with Crippen molar-refractivity contribution in [2.24, 2.45) is 0 Å². The van der Waals surface area contributed by atoms with Gasteiger partial charge < -0.3 is 5.32 Å². The van der Waals surface area contributed by atoms with E-state index in [0.717, 1.165) is 0 Å². The van der Waals surface area contributed by atoms with Gasteiger partial charge in [0.2, 0.25) is 0 Å². The van der Waals surface area contributed by atoms with Crippen LogP contribution >= 0.6 is 0 Å². The zero-order valence-corrected chi connectivity index (χ0v) is 14.9. The molecule has 0 aliphatic heterocycles. The minimum atomic E-state index is -0.296. The first kappa shape index (κ1) is 16.2. The summed E-state index contributed by atoms with van der Waals surface area (Å²) in [5.74, 6) is -0.296. The van der Waals surface area contributed by atoms with Crippen molar-refractivity contribution >= 4 is 28.0 Å². The Morgan fingerprint density at radius 2 is 1.96 bits per heavy atom. The predicted octanol–water partition coefficient (Wildman–Crippen LogP) is 3.38. The Kier molecular flexibility index (Phi) is 3.83. The van der Waals surface area contributed by atoms with E-state index in [-0.39, 0.29) is 5.91 Å². The van der Waals surface area contributed by atoms with Gasteiger partial charge in [0.25, 0.3) is 5.91 Å². The van der Waals surface area contributed by atoms with Gasteiger partial charge >= 0.3 is 0 Å². The molecule has 7 nitrogen and oxygen atoms in total. The molecular weight excluding hydrogens is 352 g/mol. The topological polar surface area (TPSA) is 77.1 Å². The lowest BCUT2D eigenvalue weighted by molar-refractivity contribution is 0.102. The summed E-state index contributed by atoms with van der Waals surface area (Å²) in [5.41, 5.74) is 2.72. The van der Waals surface area contributed by atoms with E-state index in [1.165, 1.54) is 16.3 Å². The van der Waals surface area contributed by atoms with Crippen molar-refractivity contribution in [3.8, 4) is 0 Å². The Morgan fingerprint density at radius 1 is 1.07 bits per heavy atom. The number of nitrogens with one attached hydrogen (secondary N) is 1. The Hall–Kier alpha value is -4.00. The molecule has 3 aromatic heterocycles. The van der Waals surface area contributed by atoms with Crippen LogP contribution in [0.4, 0.5) is 5.69 Å². The molecular formula is C21H16N6O. The minimum absolute atomic E-state index is 0.296. The average Bonchev–Trinajstić information content (AvgIpc) is 3.35. The van der Waals surface area contributed by atoms with E-state index in [1.54, 1.807) is 35.2 Å². The second kappa shape index (κ2) is 6.62. The Labute approximate surface area is 160 Å². The summed E-state index contributed by atoms with van der Waals surface area (Å²) in [6.07, 6.45) is 6.86. The molecule has 0 radical (unpaired) electrons. The molecule has 0 aliphatic carbocycles. The van der Waals surface area contributed by atoms with Crippen molar-refractivity contribution in [3.63, 3.8) is 0 Å². The molecule has 0 atom stereocenters.